The van der Waals surface area contributed by atoms with E-state index in [1.54, 1.807) is 6.92 Å². The van der Waals surface area contributed by atoms with Crippen LogP contribution in [0, 0.1) is 50.2 Å². The third-order valence-electron chi connectivity index (χ3n) is 21.5. The van der Waals surface area contributed by atoms with Crippen LogP contribution in [0.1, 0.15) is 99.3 Å². The normalized spacial score (nSPS) is 53.9. The van der Waals surface area contributed by atoms with Gasteiger partial charge in [-0.1, -0.05) is 46.3 Å². The number of fused-ring (bicyclic) bond motifs is 7. The predicted molar refractivity (Wildman–Crippen MR) is 266 cm³/mol. The van der Waals surface area contributed by atoms with Crippen LogP contribution >= 0.6 is 0 Å². The maximum absolute atomic E-state index is 15.3. The van der Waals surface area contributed by atoms with Crippen molar-refractivity contribution in [3.8, 4) is 0 Å². The molecule has 0 aromatic carbocycles. The van der Waals surface area contributed by atoms with E-state index in [1.165, 1.54) is 0 Å². The summed E-state index contributed by atoms with van der Waals surface area (Å²) < 4.78 is 46.1. The highest BCUT2D eigenvalue weighted by Gasteiger charge is 2.73. The van der Waals surface area contributed by atoms with E-state index in [4.69, 9.17) is 37.9 Å². The molecule has 80 heavy (non-hydrogen) atoms. The van der Waals surface area contributed by atoms with Crippen molar-refractivity contribution in [1.29, 1.82) is 0 Å². The maximum Gasteiger partial charge on any atom is 0.317 e. The molecule has 26 heteroatoms. The van der Waals surface area contributed by atoms with Gasteiger partial charge in [0.25, 0.3) is 0 Å². The quantitative estimate of drug-likeness (QED) is 0.0646. The Labute approximate surface area is 462 Å². The van der Waals surface area contributed by atoms with Crippen molar-refractivity contribution in [2.45, 2.75) is 234 Å². The molecule has 4 aliphatic heterocycles. The summed E-state index contributed by atoms with van der Waals surface area (Å²) in [5.41, 5.74) is -4.51. The molecule has 0 radical (unpaired) electrons. The highest BCUT2D eigenvalue weighted by atomic mass is 16.8. The van der Waals surface area contributed by atoms with Crippen LogP contribution in [0.2, 0.25) is 0 Å². The average molecular weight is 1150 g/mol. The Morgan fingerprint density at radius 2 is 1.02 bits per heavy atom. The van der Waals surface area contributed by atoms with Gasteiger partial charge in [-0.3, -0.25) is 9.59 Å². The van der Waals surface area contributed by atoms with Gasteiger partial charge in [0, 0.05) is 0 Å². The lowest BCUT2D eigenvalue weighted by Gasteiger charge is -2.71. The topological polar surface area (TPSA) is 432 Å². The summed E-state index contributed by atoms with van der Waals surface area (Å²) in [7, 11) is 0. The van der Waals surface area contributed by atoms with Crippen molar-refractivity contribution in [3.63, 3.8) is 0 Å². The Morgan fingerprint density at radius 1 is 0.525 bits per heavy atom. The molecule has 458 valence electrons. The number of carbonyl (C=O) groups excluding carboxylic acids is 2. The van der Waals surface area contributed by atoms with Gasteiger partial charge in [-0.2, -0.15) is 0 Å². The summed E-state index contributed by atoms with van der Waals surface area (Å²) in [6.07, 6.45) is -32.8. The lowest BCUT2D eigenvalue weighted by molar-refractivity contribution is -0.372. The smallest absolute Gasteiger partial charge is 0.317 e. The number of aliphatic hydroxyl groups is 16. The first-order chi connectivity index (χ1) is 37.4. The molecule has 5 aliphatic carbocycles. The fraction of sp³-hybridized carbons (Fsp3) is 0.926. The molecule has 26 nitrogen and oxygen atoms in total. The van der Waals surface area contributed by atoms with E-state index in [1.807, 2.05) is 0 Å². The molecule has 0 bridgehead atoms. The Morgan fingerprint density at radius 3 is 1.60 bits per heavy atom. The minimum atomic E-state index is -2.03. The highest BCUT2D eigenvalue weighted by Crippen LogP contribution is 2.76. The second kappa shape index (κ2) is 22.6. The molecule has 4 heterocycles. The van der Waals surface area contributed by atoms with E-state index in [0.29, 0.717) is 38.5 Å². The first kappa shape index (κ1) is 62.3. The number of carbonyl (C=O) groups is 2. The van der Waals surface area contributed by atoms with Crippen LogP contribution in [-0.4, -0.2) is 255 Å². The van der Waals surface area contributed by atoms with Crippen LogP contribution in [0.3, 0.4) is 0 Å². The maximum atomic E-state index is 15.3. The third kappa shape index (κ3) is 9.82. The predicted octanol–water partition coefficient (Wildman–Crippen LogP) is -4.57. The standard InChI is InChI=1S/C54H86O26/c1-49(2)13-14-54(48(72)80-45-41(70)37(66)34(63)26(77-45)20-73-46-42(38(67)33(62)25(19-57)76-46)78-43-39(68)35(64)31(60)23(17-55)74-43)22(15-49)21-7-8-27-50(3)11-10-29(58)53(6,28(50)9-12-51(27,4)52(21,5)16-30(54)59)47(71)79-44-40(69)36(65)32(61)24(18-56)75-44/h7,22-46,55-70H,8-20H2,1-6H3/t22-,23+,24+,25+,26+,27+,28+,29-,30+,31+,32+,33+,34+,35-,36-,37-,38-,39+,40+,41+,42+,43-,44-,45-,46+,50+,51+,52+,53-,54+/m0/s1. The van der Waals surface area contributed by atoms with E-state index in [9.17, 15) is 86.5 Å². The highest BCUT2D eigenvalue weighted by molar-refractivity contribution is 5.80. The molecule has 30 atom stereocenters. The van der Waals surface area contributed by atoms with Crippen molar-refractivity contribution in [2.24, 2.45) is 50.2 Å². The van der Waals surface area contributed by atoms with E-state index < -0.39 is 212 Å². The third-order valence-corrected chi connectivity index (χ3v) is 21.5. The Kier molecular flexibility index (Phi) is 17.6. The summed E-state index contributed by atoms with van der Waals surface area (Å²) >= 11 is 0. The molecule has 9 rings (SSSR count). The fourth-order valence-electron chi connectivity index (χ4n) is 16.3. The van der Waals surface area contributed by atoms with Crippen LogP contribution in [0.5, 0.6) is 0 Å². The number of esters is 2. The zero-order valence-electron chi connectivity index (χ0n) is 45.9. The minimum absolute atomic E-state index is 0.0899. The molecule has 4 saturated carbocycles. The molecule has 4 saturated heterocycles. The molecular weight excluding hydrogens is 1060 g/mol. The number of hydrogen-bond acceptors (Lipinski definition) is 26. The molecule has 0 amide bonds. The van der Waals surface area contributed by atoms with Gasteiger partial charge >= 0.3 is 11.9 Å². The SMILES string of the molecule is CC1(C)CC[C@]2(C(=O)O[C@@H]3O[C@H](CO[C@@H]4O[C@H](CO)[C@@H](O)[C@H](O)[C@H]4O[C@@H]4O[C@H](CO)[C@@H](O)[C@H](O)[C@H]4O)[C@@H](O)[C@H](O)[C@H]3O)[C@H](O)C[C@]3(C)C(=CC[C@@H]4[C@@]5(C)CC[C@H](O)[C@@](C)(C(=O)O[C@@H]6O[C@H](CO)[C@@H](O)[C@H](O)[C@H]6O)[C@@H]5CC[C@]43C)[C@@H]2C1. The number of ether oxygens (including phenoxy) is 8. The van der Waals surface area contributed by atoms with Crippen molar-refractivity contribution < 1.29 is 129 Å². The van der Waals surface area contributed by atoms with Crippen LogP contribution in [-0.2, 0) is 47.5 Å². The lowest BCUT2D eigenvalue weighted by Crippen LogP contribution is -2.69. The van der Waals surface area contributed by atoms with Crippen molar-refractivity contribution >= 4 is 11.9 Å². The van der Waals surface area contributed by atoms with Gasteiger partial charge in [0.1, 0.15) is 103 Å². The molecule has 9 aliphatic rings. The zero-order chi connectivity index (χ0) is 58.7. The van der Waals surface area contributed by atoms with Gasteiger partial charge in [0.2, 0.25) is 12.6 Å². The van der Waals surface area contributed by atoms with Crippen LogP contribution in [0.25, 0.3) is 0 Å². The van der Waals surface area contributed by atoms with Gasteiger partial charge in [-0.05, 0) is 104 Å². The number of rotatable bonds is 12. The fourth-order valence-corrected chi connectivity index (χ4v) is 16.3. The van der Waals surface area contributed by atoms with Gasteiger partial charge in [-0.25, -0.2) is 0 Å². The summed E-state index contributed by atoms with van der Waals surface area (Å²) in [5.74, 6) is -3.04. The molecule has 0 unspecified atom stereocenters. The Balaban J connectivity index is 0.949. The van der Waals surface area contributed by atoms with E-state index in [2.05, 4.69) is 40.7 Å². The monoisotopic (exact) mass is 1150 g/mol. The van der Waals surface area contributed by atoms with Crippen molar-refractivity contribution in [2.75, 3.05) is 26.4 Å². The van der Waals surface area contributed by atoms with Crippen LogP contribution < -0.4 is 0 Å². The van der Waals surface area contributed by atoms with Crippen molar-refractivity contribution in [1.82, 2.24) is 0 Å². The molecule has 16 N–H and O–H groups in total. The summed E-state index contributed by atoms with van der Waals surface area (Å²) in [5, 5.41) is 173. The van der Waals surface area contributed by atoms with Gasteiger partial charge in [-0.15, -0.1) is 0 Å². The van der Waals surface area contributed by atoms with Gasteiger partial charge in [0.05, 0.1) is 44.1 Å². The summed E-state index contributed by atoms with van der Waals surface area (Å²) in [4.78, 5) is 29.7. The van der Waals surface area contributed by atoms with Crippen LogP contribution in [0.15, 0.2) is 11.6 Å². The summed E-state index contributed by atoms with van der Waals surface area (Å²) in [6.45, 7) is 9.00. The summed E-state index contributed by atoms with van der Waals surface area (Å²) in [6, 6.07) is 0. The average Bonchev–Trinajstić information content (AvgIpc) is 2.05. The van der Waals surface area contributed by atoms with Gasteiger partial charge < -0.3 is 120 Å². The first-order valence-corrected chi connectivity index (χ1v) is 28.1. The Hall–Kier alpha value is -2.20. The number of allylic oxidation sites excluding steroid dienone is 2. The minimum Gasteiger partial charge on any atom is -0.432 e. The molecular formula is C54H86O26. The molecule has 0 spiro atoms. The second-order valence-corrected chi connectivity index (χ2v) is 26.2. The second-order valence-electron chi connectivity index (χ2n) is 26.2. The molecule has 0 aromatic heterocycles. The van der Waals surface area contributed by atoms with Crippen LogP contribution in [0.4, 0.5) is 0 Å². The van der Waals surface area contributed by atoms with E-state index in [0.717, 1.165) is 5.57 Å². The number of hydrogen-bond donors (Lipinski definition) is 16. The Bertz CT molecular complexity index is 2250. The van der Waals surface area contributed by atoms with E-state index in [-0.39, 0.29) is 30.6 Å². The largest absolute Gasteiger partial charge is 0.432 e. The molecule has 0 aromatic rings. The van der Waals surface area contributed by atoms with E-state index >= 15 is 4.79 Å². The molecule has 8 fully saturated rings. The zero-order valence-corrected chi connectivity index (χ0v) is 45.9. The number of aliphatic hydroxyl groups excluding tert-OH is 16. The lowest BCUT2D eigenvalue weighted by atomic mass is 9.33. The van der Waals surface area contributed by atoms with Crippen molar-refractivity contribution in [3.05, 3.63) is 11.6 Å². The van der Waals surface area contributed by atoms with Gasteiger partial charge in [0.15, 0.2) is 12.6 Å². The first-order valence-electron chi connectivity index (χ1n) is 28.1.